The van der Waals surface area contributed by atoms with E-state index in [-0.39, 0.29) is 18.3 Å². The summed E-state index contributed by atoms with van der Waals surface area (Å²) in [5, 5.41) is 0. The maximum atomic E-state index is 12.3. The van der Waals surface area contributed by atoms with Crippen LogP contribution in [0.15, 0.2) is 54.6 Å². The van der Waals surface area contributed by atoms with E-state index in [1.54, 1.807) is 24.3 Å². The van der Waals surface area contributed by atoms with Crippen LogP contribution in [0.25, 0.3) is 0 Å². The van der Waals surface area contributed by atoms with Crippen molar-refractivity contribution in [2.75, 3.05) is 37.7 Å². The summed E-state index contributed by atoms with van der Waals surface area (Å²) in [6, 6.07) is 17.1. The lowest BCUT2D eigenvalue weighted by molar-refractivity contribution is -0.133. The third-order valence-electron chi connectivity index (χ3n) is 4.38. The van der Waals surface area contributed by atoms with E-state index in [1.807, 2.05) is 23.1 Å². The molecule has 1 amide bonds. The van der Waals surface area contributed by atoms with Gasteiger partial charge in [-0.05, 0) is 43.3 Å². The fourth-order valence-electron chi connectivity index (χ4n) is 2.88. The van der Waals surface area contributed by atoms with Gasteiger partial charge in [-0.3, -0.25) is 9.59 Å². The second-order valence-corrected chi connectivity index (χ2v) is 6.07. The Morgan fingerprint density at radius 3 is 2.16 bits per heavy atom. The van der Waals surface area contributed by atoms with Crippen LogP contribution in [0.2, 0.25) is 0 Å². The number of hydrogen-bond donors (Lipinski definition) is 0. The van der Waals surface area contributed by atoms with Gasteiger partial charge in [0, 0.05) is 37.4 Å². The minimum Gasteiger partial charge on any atom is -0.484 e. The van der Waals surface area contributed by atoms with Gasteiger partial charge in [0.1, 0.15) is 5.75 Å². The number of carbonyl (C=O) groups is 2. The zero-order valence-electron chi connectivity index (χ0n) is 14.4. The van der Waals surface area contributed by atoms with Crippen LogP contribution >= 0.6 is 0 Å². The standard InChI is InChI=1S/C20H22N2O3/c1-16(23)17-7-9-19(10-8-17)25-15-20(24)22-13-11-21(12-14-22)18-5-3-2-4-6-18/h2-10H,11-15H2,1H3. The lowest BCUT2D eigenvalue weighted by Gasteiger charge is -2.36. The topological polar surface area (TPSA) is 49.9 Å². The predicted molar refractivity (Wildman–Crippen MR) is 97.2 cm³/mol. The third-order valence-corrected chi connectivity index (χ3v) is 4.38. The molecule has 1 aliphatic rings. The average Bonchev–Trinajstić information content (AvgIpc) is 2.67. The van der Waals surface area contributed by atoms with E-state index >= 15 is 0 Å². The number of ketones is 1. The van der Waals surface area contributed by atoms with Crippen molar-refractivity contribution in [3.63, 3.8) is 0 Å². The summed E-state index contributed by atoms with van der Waals surface area (Å²) in [6.07, 6.45) is 0. The zero-order chi connectivity index (χ0) is 17.6. The molecule has 0 aliphatic carbocycles. The van der Waals surface area contributed by atoms with E-state index in [2.05, 4.69) is 17.0 Å². The first kappa shape index (κ1) is 17.0. The molecule has 5 nitrogen and oxygen atoms in total. The summed E-state index contributed by atoms with van der Waals surface area (Å²) in [6.45, 7) is 4.58. The van der Waals surface area contributed by atoms with Crippen molar-refractivity contribution in [2.24, 2.45) is 0 Å². The van der Waals surface area contributed by atoms with E-state index < -0.39 is 0 Å². The number of para-hydroxylation sites is 1. The number of amides is 1. The van der Waals surface area contributed by atoms with E-state index in [0.29, 0.717) is 24.4 Å². The minimum absolute atomic E-state index is 0.0108. The molecule has 0 unspecified atom stereocenters. The largest absolute Gasteiger partial charge is 0.484 e. The summed E-state index contributed by atoms with van der Waals surface area (Å²) >= 11 is 0. The Kier molecular flexibility index (Phi) is 5.33. The van der Waals surface area contributed by atoms with Gasteiger partial charge in [-0.25, -0.2) is 0 Å². The summed E-state index contributed by atoms with van der Waals surface area (Å²) in [5.41, 5.74) is 1.83. The maximum absolute atomic E-state index is 12.3. The van der Waals surface area contributed by atoms with Crippen molar-refractivity contribution in [3.05, 3.63) is 60.2 Å². The Balaban J connectivity index is 1.47. The predicted octanol–water partition coefficient (Wildman–Crippen LogP) is 2.62. The highest BCUT2D eigenvalue weighted by atomic mass is 16.5. The molecule has 0 radical (unpaired) electrons. The fraction of sp³-hybridized carbons (Fsp3) is 0.300. The van der Waals surface area contributed by atoms with Crippen LogP contribution < -0.4 is 9.64 Å². The van der Waals surface area contributed by atoms with Crippen molar-refractivity contribution in [1.82, 2.24) is 4.90 Å². The number of piperazine rings is 1. The van der Waals surface area contributed by atoms with E-state index in [1.165, 1.54) is 12.6 Å². The molecule has 0 spiro atoms. The number of benzene rings is 2. The molecule has 5 heteroatoms. The zero-order valence-corrected chi connectivity index (χ0v) is 14.4. The van der Waals surface area contributed by atoms with Crippen LogP contribution in [0.5, 0.6) is 5.75 Å². The Labute approximate surface area is 147 Å². The average molecular weight is 338 g/mol. The van der Waals surface area contributed by atoms with Crippen molar-refractivity contribution < 1.29 is 14.3 Å². The number of carbonyl (C=O) groups excluding carboxylic acids is 2. The van der Waals surface area contributed by atoms with Crippen LogP contribution in [-0.2, 0) is 4.79 Å². The van der Waals surface area contributed by atoms with Crippen LogP contribution in [0.1, 0.15) is 17.3 Å². The molecule has 2 aromatic carbocycles. The number of hydrogen-bond acceptors (Lipinski definition) is 4. The van der Waals surface area contributed by atoms with Gasteiger partial charge in [0.2, 0.25) is 0 Å². The Morgan fingerprint density at radius 1 is 0.920 bits per heavy atom. The van der Waals surface area contributed by atoms with Crippen LogP contribution in [0, 0.1) is 0 Å². The van der Waals surface area contributed by atoms with E-state index in [4.69, 9.17) is 4.74 Å². The molecule has 130 valence electrons. The van der Waals surface area contributed by atoms with Gasteiger partial charge in [0.15, 0.2) is 12.4 Å². The first-order chi connectivity index (χ1) is 12.1. The summed E-state index contributed by atoms with van der Waals surface area (Å²) in [4.78, 5) is 27.7. The molecule has 0 atom stereocenters. The van der Waals surface area contributed by atoms with Crippen molar-refractivity contribution in [2.45, 2.75) is 6.92 Å². The van der Waals surface area contributed by atoms with Gasteiger partial charge >= 0.3 is 0 Å². The third kappa shape index (κ3) is 4.38. The molecule has 1 fully saturated rings. The number of ether oxygens (including phenoxy) is 1. The van der Waals surface area contributed by atoms with Gasteiger partial charge in [-0.2, -0.15) is 0 Å². The van der Waals surface area contributed by atoms with E-state index in [9.17, 15) is 9.59 Å². The van der Waals surface area contributed by atoms with Crippen LogP contribution in [0.4, 0.5) is 5.69 Å². The Bertz CT molecular complexity index is 720. The summed E-state index contributed by atoms with van der Waals surface area (Å²) in [5.74, 6) is 0.601. The molecule has 0 aromatic heterocycles. The lowest BCUT2D eigenvalue weighted by Crippen LogP contribution is -2.50. The minimum atomic E-state index is -0.0108. The molecular weight excluding hydrogens is 316 g/mol. The molecule has 2 aromatic rings. The van der Waals surface area contributed by atoms with Gasteiger partial charge in [0.25, 0.3) is 5.91 Å². The Hall–Kier alpha value is -2.82. The van der Waals surface area contributed by atoms with Crippen molar-refractivity contribution in [1.29, 1.82) is 0 Å². The molecule has 1 aliphatic heterocycles. The quantitative estimate of drug-likeness (QED) is 0.787. The highest BCUT2D eigenvalue weighted by Gasteiger charge is 2.21. The highest BCUT2D eigenvalue weighted by Crippen LogP contribution is 2.16. The van der Waals surface area contributed by atoms with Crippen LogP contribution in [-0.4, -0.2) is 49.4 Å². The van der Waals surface area contributed by atoms with Gasteiger partial charge < -0.3 is 14.5 Å². The normalized spacial score (nSPS) is 14.3. The van der Waals surface area contributed by atoms with Crippen LogP contribution in [0.3, 0.4) is 0 Å². The molecular formula is C20H22N2O3. The lowest BCUT2D eigenvalue weighted by atomic mass is 10.1. The second-order valence-electron chi connectivity index (χ2n) is 6.07. The smallest absolute Gasteiger partial charge is 0.260 e. The molecule has 0 N–H and O–H groups in total. The molecule has 1 heterocycles. The molecule has 0 bridgehead atoms. The van der Waals surface area contributed by atoms with Crippen molar-refractivity contribution >= 4 is 17.4 Å². The second kappa shape index (κ2) is 7.83. The number of anilines is 1. The van der Waals surface area contributed by atoms with Gasteiger partial charge in [-0.15, -0.1) is 0 Å². The number of rotatable bonds is 5. The summed E-state index contributed by atoms with van der Waals surface area (Å²) < 4.78 is 5.55. The molecule has 1 saturated heterocycles. The number of Topliss-reactive ketones (excluding diaryl/α,β-unsaturated/α-hetero) is 1. The molecule has 3 rings (SSSR count). The van der Waals surface area contributed by atoms with E-state index in [0.717, 1.165) is 13.1 Å². The Morgan fingerprint density at radius 2 is 1.56 bits per heavy atom. The monoisotopic (exact) mass is 338 g/mol. The van der Waals surface area contributed by atoms with Crippen molar-refractivity contribution in [3.8, 4) is 5.75 Å². The van der Waals surface area contributed by atoms with Gasteiger partial charge in [-0.1, -0.05) is 18.2 Å². The maximum Gasteiger partial charge on any atom is 0.260 e. The molecule has 0 saturated carbocycles. The SMILES string of the molecule is CC(=O)c1ccc(OCC(=O)N2CCN(c3ccccc3)CC2)cc1. The number of nitrogens with zero attached hydrogens (tertiary/aromatic N) is 2. The fourth-order valence-corrected chi connectivity index (χ4v) is 2.88. The summed E-state index contributed by atoms with van der Waals surface area (Å²) in [7, 11) is 0. The molecule has 25 heavy (non-hydrogen) atoms. The first-order valence-corrected chi connectivity index (χ1v) is 8.45. The first-order valence-electron chi connectivity index (χ1n) is 8.45. The van der Waals surface area contributed by atoms with Gasteiger partial charge in [0.05, 0.1) is 0 Å². The highest BCUT2D eigenvalue weighted by molar-refractivity contribution is 5.94.